The Kier molecular flexibility index (Phi) is 6.48. The monoisotopic (exact) mass is 547 g/mol. The molecule has 3 N–H and O–H groups in total. The zero-order valence-electron chi connectivity index (χ0n) is 20.4. The number of thiophene rings is 1. The molecule has 6 nitrogen and oxygen atoms in total. The van der Waals surface area contributed by atoms with Crippen LogP contribution in [0, 0.1) is 23.2 Å². The lowest BCUT2D eigenvalue weighted by molar-refractivity contribution is -0.0522. The summed E-state index contributed by atoms with van der Waals surface area (Å²) in [6.45, 7) is 2.12. The van der Waals surface area contributed by atoms with E-state index in [1.807, 2.05) is 6.07 Å². The molecule has 1 amide bonds. The third-order valence-corrected chi connectivity index (χ3v) is 12.7. The van der Waals surface area contributed by atoms with Crippen LogP contribution in [0.25, 0.3) is 0 Å². The summed E-state index contributed by atoms with van der Waals surface area (Å²) >= 11 is 7.38. The molecule has 4 saturated carbocycles. The molecule has 4 aliphatic carbocycles. The summed E-state index contributed by atoms with van der Waals surface area (Å²) in [6, 6.07) is 8.69. The van der Waals surface area contributed by atoms with E-state index in [0.29, 0.717) is 45.3 Å². The second-order valence-corrected chi connectivity index (χ2v) is 15.5. The van der Waals surface area contributed by atoms with Crippen LogP contribution in [0.1, 0.15) is 65.7 Å². The van der Waals surface area contributed by atoms with Gasteiger partial charge in [0.1, 0.15) is 4.21 Å². The summed E-state index contributed by atoms with van der Waals surface area (Å²) in [5.74, 6) is 2.27. The first-order valence-electron chi connectivity index (χ1n) is 13.1. The van der Waals surface area contributed by atoms with E-state index in [1.54, 1.807) is 28.6 Å². The molecule has 1 aromatic carbocycles. The topological polar surface area (TPSA) is 92.5 Å². The maximum Gasteiger partial charge on any atom is 0.252 e. The summed E-state index contributed by atoms with van der Waals surface area (Å²) in [5.41, 5.74) is 7.07. The Balaban J connectivity index is 1.09. The highest BCUT2D eigenvalue weighted by Crippen LogP contribution is 2.59. The Morgan fingerprint density at radius 1 is 1.11 bits per heavy atom. The molecule has 1 atom stereocenters. The molecule has 36 heavy (non-hydrogen) atoms. The van der Waals surface area contributed by atoms with E-state index in [2.05, 4.69) is 5.32 Å². The van der Waals surface area contributed by atoms with Crippen LogP contribution in [0.2, 0.25) is 5.02 Å². The number of primary amides is 1. The van der Waals surface area contributed by atoms with Gasteiger partial charge in [-0.2, -0.15) is 4.31 Å². The van der Waals surface area contributed by atoms with E-state index < -0.39 is 15.9 Å². The molecule has 4 bridgehead atoms. The molecular weight excluding hydrogens is 514 g/mol. The van der Waals surface area contributed by atoms with E-state index in [1.165, 1.54) is 49.9 Å². The molecule has 2 heterocycles. The van der Waals surface area contributed by atoms with Crippen LogP contribution in [-0.4, -0.2) is 44.3 Å². The quantitative estimate of drug-likeness (QED) is 0.502. The molecule has 194 valence electrons. The first kappa shape index (κ1) is 24.9. The van der Waals surface area contributed by atoms with Gasteiger partial charge in [-0.05, 0) is 104 Å². The Hall–Kier alpha value is -1.45. The number of benzene rings is 1. The van der Waals surface area contributed by atoms with Crippen LogP contribution in [-0.2, 0) is 16.4 Å². The molecule has 5 fully saturated rings. The second-order valence-electron chi connectivity index (χ2n) is 11.7. The molecule has 1 aromatic heterocycles. The van der Waals surface area contributed by atoms with Gasteiger partial charge >= 0.3 is 0 Å². The van der Waals surface area contributed by atoms with Crippen LogP contribution in [0.15, 0.2) is 34.5 Å². The maximum atomic E-state index is 13.4. The van der Waals surface area contributed by atoms with Gasteiger partial charge in [-0.25, -0.2) is 8.42 Å². The fourth-order valence-electron chi connectivity index (χ4n) is 7.84. The van der Waals surface area contributed by atoms with Gasteiger partial charge in [0.2, 0.25) is 5.91 Å². The summed E-state index contributed by atoms with van der Waals surface area (Å²) in [5, 5.41) is 4.31. The molecule has 5 aliphatic rings. The second kappa shape index (κ2) is 9.38. The standard InChI is InChI=1S/C27H34ClN3O3S2/c28-21-1-3-24(26(29)32)20(10-21)11-23-2-4-25(35-23)36(33,34)31-6-5-22(15-31)30-16-27-12-17-7-18(13-27)9-19(8-17)14-27/h1-4,10,17-19,22,30H,5-9,11-16H2,(H2,29,32). The number of nitrogens with two attached hydrogens (primary N) is 1. The van der Waals surface area contributed by atoms with Gasteiger partial charge in [0.25, 0.3) is 10.0 Å². The number of hydrogen-bond donors (Lipinski definition) is 2. The number of carbonyl (C=O) groups excluding carboxylic acids is 1. The SMILES string of the molecule is NC(=O)c1ccc(Cl)cc1Cc1ccc(S(=O)(=O)N2CCC(NCC34CC5CC(CC(C5)C3)C4)C2)s1. The highest BCUT2D eigenvalue weighted by Gasteiger charge is 2.50. The smallest absolute Gasteiger partial charge is 0.252 e. The number of nitrogens with one attached hydrogen (secondary N) is 1. The van der Waals surface area contributed by atoms with Gasteiger partial charge < -0.3 is 11.1 Å². The van der Waals surface area contributed by atoms with E-state index in [4.69, 9.17) is 17.3 Å². The van der Waals surface area contributed by atoms with Gasteiger partial charge in [0.15, 0.2) is 0 Å². The predicted octanol–water partition coefficient (Wildman–Crippen LogP) is 4.66. The summed E-state index contributed by atoms with van der Waals surface area (Å²) < 4.78 is 28.8. The fourth-order valence-corrected chi connectivity index (χ4v) is 11.1. The average Bonchev–Trinajstić information content (AvgIpc) is 3.47. The highest BCUT2D eigenvalue weighted by atomic mass is 35.5. The highest BCUT2D eigenvalue weighted by molar-refractivity contribution is 7.91. The number of amides is 1. The van der Waals surface area contributed by atoms with Crippen molar-refractivity contribution in [2.45, 2.75) is 61.6 Å². The number of carbonyl (C=O) groups is 1. The van der Waals surface area contributed by atoms with Crippen molar-refractivity contribution in [2.75, 3.05) is 19.6 Å². The van der Waals surface area contributed by atoms with Crippen molar-refractivity contribution >= 4 is 38.9 Å². The van der Waals surface area contributed by atoms with Crippen LogP contribution in [0.4, 0.5) is 0 Å². The van der Waals surface area contributed by atoms with Gasteiger partial charge in [0, 0.05) is 47.6 Å². The van der Waals surface area contributed by atoms with Crippen LogP contribution < -0.4 is 11.1 Å². The first-order chi connectivity index (χ1) is 17.2. The molecule has 1 aliphatic heterocycles. The minimum Gasteiger partial charge on any atom is -0.366 e. The number of hydrogen-bond acceptors (Lipinski definition) is 5. The van der Waals surface area contributed by atoms with Crippen molar-refractivity contribution < 1.29 is 13.2 Å². The number of sulfonamides is 1. The lowest BCUT2D eigenvalue weighted by atomic mass is 9.49. The fraction of sp³-hybridized carbons (Fsp3) is 0.593. The number of rotatable bonds is 8. The van der Waals surface area contributed by atoms with Gasteiger partial charge in [-0.1, -0.05) is 11.6 Å². The molecule has 9 heteroatoms. The Morgan fingerprint density at radius 2 is 1.81 bits per heavy atom. The largest absolute Gasteiger partial charge is 0.366 e. The molecule has 1 saturated heterocycles. The molecule has 7 rings (SSSR count). The van der Waals surface area contributed by atoms with Crippen molar-refractivity contribution in [3.8, 4) is 0 Å². The van der Waals surface area contributed by atoms with E-state index in [9.17, 15) is 13.2 Å². The Bertz CT molecular complexity index is 1240. The normalized spacial score (nSPS) is 31.8. The summed E-state index contributed by atoms with van der Waals surface area (Å²) in [7, 11) is -3.55. The lowest BCUT2D eigenvalue weighted by Gasteiger charge is -2.57. The number of halogens is 1. The minimum absolute atomic E-state index is 0.219. The number of nitrogens with zero attached hydrogens (tertiary/aromatic N) is 1. The van der Waals surface area contributed by atoms with Crippen LogP contribution in [0.5, 0.6) is 0 Å². The van der Waals surface area contributed by atoms with Gasteiger partial charge in [-0.15, -0.1) is 11.3 Å². The zero-order valence-corrected chi connectivity index (χ0v) is 22.8. The Labute approximate surface area is 222 Å². The molecule has 2 aromatic rings. The molecule has 0 radical (unpaired) electrons. The van der Waals surface area contributed by atoms with E-state index in [0.717, 1.165) is 35.6 Å². The predicted molar refractivity (Wildman–Crippen MR) is 143 cm³/mol. The first-order valence-corrected chi connectivity index (χ1v) is 15.7. The van der Waals surface area contributed by atoms with Gasteiger partial charge in [0.05, 0.1) is 0 Å². The molecule has 1 unspecified atom stereocenters. The van der Waals surface area contributed by atoms with Crippen LogP contribution in [0.3, 0.4) is 0 Å². The maximum absolute atomic E-state index is 13.4. The lowest BCUT2D eigenvalue weighted by Crippen LogP contribution is -2.52. The molecule has 0 spiro atoms. The van der Waals surface area contributed by atoms with E-state index in [-0.39, 0.29) is 6.04 Å². The van der Waals surface area contributed by atoms with Crippen molar-refractivity contribution in [3.05, 3.63) is 51.4 Å². The van der Waals surface area contributed by atoms with Crippen LogP contribution >= 0.6 is 22.9 Å². The molecular formula is C27H34ClN3O3S2. The van der Waals surface area contributed by atoms with Crippen molar-refractivity contribution in [1.29, 1.82) is 0 Å². The third-order valence-electron chi connectivity index (χ3n) is 9.01. The van der Waals surface area contributed by atoms with Crippen molar-refractivity contribution in [1.82, 2.24) is 9.62 Å². The van der Waals surface area contributed by atoms with Crippen molar-refractivity contribution in [3.63, 3.8) is 0 Å². The zero-order chi connectivity index (χ0) is 25.1. The summed E-state index contributed by atoms with van der Waals surface area (Å²) in [4.78, 5) is 12.7. The van der Waals surface area contributed by atoms with Gasteiger partial charge in [-0.3, -0.25) is 4.79 Å². The third kappa shape index (κ3) is 4.75. The van der Waals surface area contributed by atoms with E-state index >= 15 is 0 Å². The minimum atomic E-state index is -3.55. The average molecular weight is 548 g/mol. The Morgan fingerprint density at radius 3 is 2.47 bits per heavy atom. The van der Waals surface area contributed by atoms with Crippen molar-refractivity contribution in [2.24, 2.45) is 28.9 Å². The summed E-state index contributed by atoms with van der Waals surface area (Å²) in [6.07, 6.45) is 9.69.